The predicted octanol–water partition coefficient (Wildman–Crippen LogP) is 1.90. The van der Waals surface area contributed by atoms with Crippen LogP contribution in [0.1, 0.15) is 29.8 Å². The Labute approximate surface area is 77.3 Å². The second-order valence-corrected chi connectivity index (χ2v) is 3.48. The molecule has 2 rings (SSSR count). The predicted molar refractivity (Wildman–Crippen MR) is 48.4 cm³/mol. The van der Waals surface area contributed by atoms with Crippen LogP contribution in [0.2, 0.25) is 0 Å². The van der Waals surface area contributed by atoms with Gasteiger partial charge in [0, 0.05) is 13.1 Å². The molecule has 0 aromatic carbocycles. The molecule has 0 aliphatic heterocycles. The fourth-order valence-corrected chi connectivity index (χ4v) is 1.51. The van der Waals surface area contributed by atoms with Gasteiger partial charge in [-0.3, -0.25) is 4.79 Å². The molecular weight excluding hydrogens is 166 g/mol. The fraction of sp³-hybridized carbons (Fsp3) is 0.500. The zero-order valence-electron chi connectivity index (χ0n) is 7.69. The summed E-state index contributed by atoms with van der Waals surface area (Å²) in [5, 5.41) is 0. The van der Waals surface area contributed by atoms with Crippen molar-refractivity contribution in [3.05, 3.63) is 24.2 Å². The van der Waals surface area contributed by atoms with Crippen LogP contribution in [-0.4, -0.2) is 23.9 Å². The van der Waals surface area contributed by atoms with Gasteiger partial charge in [0.2, 0.25) is 0 Å². The number of hydrogen-bond donors (Lipinski definition) is 0. The van der Waals surface area contributed by atoms with Crippen molar-refractivity contribution in [3.8, 4) is 0 Å². The van der Waals surface area contributed by atoms with Gasteiger partial charge in [0.1, 0.15) is 0 Å². The molecule has 0 N–H and O–H groups in total. The lowest BCUT2D eigenvalue weighted by Gasteiger charge is -2.34. The number of carbonyl (C=O) groups excluding carboxylic acids is 1. The molecule has 1 fully saturated rings. The number of amides is 1. The van der Waals surface area contributed by atoms with Crippen molar-refractivity contribution in [3.63, 3.8) is 0 Å². The Hall–Kier alpha value is -1.25. The highest BCUT2D eigenvalue weighted by molar-refractivity contribution is 5.91. The molecule has 0 bridgehead atoms. The third-order valence-corrected chi connectivity index (χ3v) is 2.67. The first-order valence-corrected chi connectivity index (χ1v) is 4.59. The minimum absolute atomic E-state index is 0.00491. The minimum atomic E-state index is -0.00491. The van der Waals surface area contributed by atoms with Crippen molar-refractivity contribution in [2.45, 2.75) is 25.3 Å². The molecule has 1 aromatic heterocycles. The van der Waals surface area contributed by atoms with Crippen molar-refractivity contribution >= 4 is 5.91 Å². The maximum absolute atomic E-state index is 11.7. The Kier molecular flexibility index (Phi) is 2.08. The van der Waals surface area contributed by atoms with Crippen LogP contribution in [0.15, 0.2) is 22.8 Å². The number of furan rings is 1. The van der Waals surface area contributed by atoms with Crippen molar-refractivity contribution < 1.29 is 9.21 Å². The first-order valence-electron chi connectivity index (χ1n) is 4.59. The summed E-state index contributed by atoms with van der Waals surface area (Å²) in [6, 6.07) is 3.87. The van der Waals surface area contributed by atoms with Gasteiger partial charge in [-0.2, -0.15) is 0 Å². The molecule has 0 spiro atoms. The van der Waals surface area contributed by atoms with E-state index in [1.165, 1.54) is 12.7 Å². The normalized spacial score (nSPS) is 16.7. The molecule has 3 nitrogen and oxygen atoms in total. The Morgan fingerprint density at radius 2 is 2.38 bits per heavy atom. The summed E-state index contributed by atoms with van der Waals surface area (Å²) in [4.78, 5) is 13.5. The Bertz CT molecular complexity index is 288. The minimum Gasteiger partial charge on any atom is -0.459 e. The zero-order chi connectivity index (χ0) is 9.26. The van der Waals surface area contributed by atoms with Crippen LogP contribution < -0.4 is 0 Å². The van der Waals surface area contributed by atoms with Gasteiger partial charge in [0.25, 0.3) is 5.91 Å². The molecule has 0 radical (unpaired) electrons. The number of carbonyl (C=O) groups is 1. The van der Waals surface area contributed by atoms with Crippen LogP contribution in [0.3, 0.4) is 0 Å². The molecule has 70 valence electrons. The molecule has 1 aromatic rings. The summed E-state index contributed by atoms with van der Waals surface area (Å²) in [5.74, 6) is 0.434. The Morgan fingerprint density at radius 3 is 2.85 bits per heavy atom. The van der Waals surface area contributed by atoms with Crippen molar-refractivity contribution in [2.75, 3.05) is 7.05 Å². The van der Waals surface area contributed by atoms with Crippen LogP contribution in [0.25, 0.3) is 0 Å². The lowest BCUT2D eigenvalue weighted by atomic mass is 9.92. The van der Waals surface area contributed by atoms with Crippen LogP contribution in [0, 0.1) is 0 Å². The van der Waals surface area contributed by atoms with E-state index in [-0.39, 0.29) is 5.91 Å². The monoisotopic (exact) mass is 179 g/mol. The van der Waals surface area contributed by atoms with Crippen LogP contribution in [-0.2, 0) is 0 Å². The maximum atomic E-state index is 11.7. The molecular formula is C10H13NO2. The van der Waals surface area contributed by atoms with E-state index >= 15 is 0 Å². The van der Waals surface area contributed by atoms with Gasteiger partial charge in [-0.05, 0) is 31.4 Å². The van der Waals surface area contributed by atoms with Gasteiger partial charge in [-0.25, -0.2) is 0 Å². The highest BCUT2D eigenvalue weighted by Crippen LogP contribution is 2.24. The van der Waals surface area contributed by atoms with Gasteiger partial charge in [-0.15, -0.1) is 0 Å². The van der Waals surface area contributed by atoms with E-state index in [2.05, 4.69) is 0 Å². The SMILES string of the molecule is CN(C(=O)c1ccco1)C1CCC1. The first kappa shape index (κ1) is 8.35. The van der Waals surface area contributed by atoms with Crippen LogP contribution >= 0.6 is 0 Å². The van der Waals surface area contributed by atoms with Gasteiger partial charge in [0.05, 0.1) is 6.26 Å². The van der Waals surface area contributed by atoms with Gasteiger partial charge >= 0.3 is 0 Å². The quantitative estimate of drug-likeness (QED) is 0.694. The molecule has 1 aliphatic carbocycles. The van der Waals surface area contributed by atoms with E-state index < -0.39 is 0 Å². The summed E-state index contributed by atoms with van der Waals surface area (Å²) in [6.07, 6.45) is 5.02. The third kappa shape index (κ3) is 1.46. The molecule has 0 saturated heterocycles. The second kappa shape index (κ2) is 3.24. The molecule has 1 heterocycles. The summed E-state index contributed by atoms with van der Waals surface area (Å²) >= 11 is 0. The van der Waals surface area contributed by atoms with Gasteiger partial charge < -0.3 is 9.32 Å². The Balaban J connectivity index is 2.04. The van der Waals surface area contributed by atoms with Crippen LogP contribution in [0.4, 0.5) is 0 Å². The summed E-state index contributed by atoms with van der Waals surface area (Å²) < 4.78 is 5.04. The van der Waals surface area contributed by atoms with E-state index in [1.54, 1.807) is 17.0 Å². The largest absolute Gasteiger partial charge is 0.459 e. The van der Waals surface area contributed by atoms with E-state index in [4.69, 9.17) is 4.42 Å². The lowest BCUT2D eigenvalue weighted by Crippen LogP contribution is -2.41. The highest BCUT2D eigenvalue weighted by atomic mass is 16.3. The van der Waals surface area contributed by atoms with Crippen molar-refractivity contribution in [1.82, 2.24) is 4.90 Å². The topological polar surface area (TPSA) is 33.5 Å². The molecule has 13 heavy (non-hydrogen) atoms. The summed E-state index contributed by atoms with van der Waals surface area (Å²) in [7, 11) is 1.84. The van der Waals surface area contributed by atoms with Crippen LogP contribution in [0.5, 0.6) is 0 Å². The van der Waals surface area contributed by atoms with Gasteiger partial charge in [-0.1, -0.05) is 0 Å². The van der Waals surface area contributed by atoms with E-state index in [1.807, 2.05) is 7.05 Å². The zero-order valence-corrected chi connectivity index (χ0v) is 7.69. The van der Waals surface area contributed by atoms with E-state index in [0.717, 1.165) is 12.8 Å². The molecule has 0 unspecified atom stereocenters. The molecule has 3 heteroatoms. The Morgan fingerprint density at radius 1 is 1.62 bits per heavy atom. The maximum Gasteiger partial charge on any atom is 0.289 e. The average Bonchev–Trinajstić information content (AvgIpc) is 2.51. The smallest absolute Gasteiger partial charge is 0.289 e. The molecule has 0 atom stereocenters. The van der Waals surface area contributed by atoms with E-state index in [9.17, 15) is 4.79 Å². The highest BCUT2D eigenvalue weighted by Gasteiger charge is 2.27. The van der Waals surface area contributed by atoms with Crippen molar-refractivity contribution in [2.24, 2.45) is 0 Å². The van der Waals surface area contributed by atoms with Gasteiger partial charge in [0.15, 0.2) is 5.76 Å². The lowest BCUT2D eigenvalue weighted by molar-refractivity contribution is 0.0620. The number of nitrogens with zero attached hydrogens (tertiary/aromatic N) is 1. The molecule has 1 aliphatic rings. The summed E-state index contributed by atoms with van der Waals surface area (Å²) in [5.41, 5.74) is 0. The first-order chi connectivity index (χ1) is 6.29. The average molecular weight is 179 g/mol. The fourth-order valence-electron chi connectivity index (χ4n) is 1.51. The number of rotatable bonds is 2. The molecule has 1 amide bonds. The molecule has 1 saturated carbocycles. The summed E-state index contributed by atoms with van der Waals surface area (Å²) in [6.45, 7) is 0. The standard InChI is InChI=1S/C10H13NO2/c1-11(8-4-2-5-8)10(12)9-6-3-7-13-9/h3,6-8H,2,4-5H2,1H3. The van der Waals surface area contributed by atoms with Crippen molar-refractivity contribution in [1.29, 1.82) is 0 Å². The van der Waals surface area contributed by atoms with E-state index in [0.29, 0.717) is 11.8 Å². The second-order valence-electron chi connectivity index (χ2n) is 3.48. The third-order valence-electron chi connectivity index (χ3n) is 2.67. The number of hydrogen-bond acceptors (Lipinski definition) is 2.